The molecule has 0 spiro atoms. The predicted octanol–water partition coefficient (Wildman–Crippen LogP) is 5.52. The molecule has 4 aromatic carbocycles. The SMILES string of the molecule is COC(=O)c1cccc(COc2ccc(Cc3ccc(OCc4cccc(COC=O)c4)c(C=O)c3)cc2C=O)c1. The second kappa shape index (κ2) is 14.2. The van der Waals surface area contributed by atoms with E-state index in [1.165, 1.54) is 7.11 Å². The molecule has 0 bridgehead atoms. The van der Waals surface area contributed by atoms with Gasteiger partial charge in [-0.05, 0) is 76.7 Å². The van der Waals surface area contributed by atoms with Crippen molar-refractivity contribution in [2.75, 3.05) is 7.11 Å². The van der Waals surface area contributed by atoms with E-state index < -0.39 is 5.97 Å². The van der Waals surface area contributed by atoms with Crippen molar-refractivity contribution in [3.05, 3.63) is 129 Å². The van der Waals surface area contributed by atoms with Crippen molar-refractivity contribution in [3.8, 4) is 11.5 Å². The summed E-state index contributed by atoms with van der Waals surface area (Å²) in [6, 6.07) is 25.1. The molecule has 0 saturated carbocycles. The molecule has 0 atom stereocenters. The summed E-state index contributed by atoms with van der Waals surface area (Å²) in [5.74, 6) is 0.438. The summed E-state index contributed by atoms with van der Waals surface area (Å²) in [7, 11) is 1.32. The van der Waals surface area contributed by atoms with E-state index in [0.717, 1.165) is 40.4 Å². The zero-order valence-electron chi connectivity index (χ0n) is 22.4. The van der Waals surface area contributed by atoms with Gasteiger partial charge in [0.1, 0.15) is 31.3 Å². The van der Waals surface area contributed by atoms with Crippen molar-refractivity contribution in [1.82, 2.24) is 0 Å². The molecular weight excluding hydrogens is 524 g/mol. The quantitative estimate of drug-likeness (QED) is 0.149. The molecule has 208 valence electrons. The third-order valence-electron chi connectivity index (χ3n) is 6.26. The fraction of sp³-hybridized carbons (Fsp3) is 0.152. The van der Waals surface area contributed by atoms with Crippen LogP contribution in [0.1, 0.15) is 58.9 Å². The molecule has 0 fully saturated rings. The molecule has 0 amide bonds. The molecule has 0 aliphatic rings. The van der Waals surface area contributed by atoms with Gasteiger partial charge in [0.05, 0.1) is 23.8 Å². The Balaban J connectivity index is 1.40. The summed E-state index contributed by atoms with van der Waals surface area (Å²) < 4.78 is 21.3. The minimum absolute atomic E-state index is 0.173. The first-order chi connectivity index (χ1) is 20.0. The van der Waals surface area contributed by atoms with Crippen LogP contribution >= 0.6 is 0 Å². The largest absolute Gasteiger partial charge is 0.488 e. The molecule has 4 rings (SSSR count). The third-order valence-corrected chi connectivity index (χ3v) is 6.26. The van der Waals surface area contributed by atoms with Gasteiger partial charge in [0.2, 0.25) is 0 Å². The van der Waals surface area contributed by atoms with Crippen molar-refractivity contribution >= 4 is 25.0 Å². The maximum Gasteiger partial charge on any atom is 0.337 e. The molecule has 0 radical (unpaired) electrons. The van der Waals surface area contributed by atoms with Crippen LogP contribution in [-0.2, 0) is 40.5 Å². The lowest BCUT2D eigenvalue weighted by Crippen LogP contribution is -2.04. The van der Waals surface area contributed by atoms with Crippen molar-refractivity contribution in [1.29, 1.82) is 0 Å². The van der Waals surface area contributed by atoms with Gasteiger partial charge in [-0.2, -0.15) is 0 Å². The minimum Gasteiger partial charge on any atom is -0.488 e. The van der Waals surface area contributed by atoms with Gasteiger partial charge < -0.3 is 18.9 Å². The van der Waals surface area contributed by atoms with Crippen LogP contribution in [0.5, 0.6) is 11.5 Å². The van der Waals surface area contributed by atoms with Crippen LogP contribution in [0, 0.1) is 0 Å². The maximum absolute atomic E-state index is 11.8. The summed E-state index contributed by atoms with van der Waals surface area (Å²) in [6.45, 7) is 0.993. The van der Waals surface area contributed by atoms with Crippen LogP contribution in [0.15, 0.2) is 84.9 Å². The molecule has 4 aromatic rings. The minimum atomic E-state index is -0.435. The summed E-state index contributed by atoms with van der Waals surface area (Å²) >= 11 is 0. The molecule has 0 heterocycles. The third kappa shape index (κ3) is 7.89. The summed E-state index contributed by atoms with van der Waals surface area (Å²) in [5, 5.41) is 0. The van der Waals surface area contributed by atoms with Crippen molar-refractivity contribution in [2.45, 2.75) is 26.2 Å². The van der Waals surface area contributed by atoms with Gasteiger partial charge >= 0.3 is 5.97 Å². The average Bonchev–Trinajstić information content (AvgIpc) is 3.02. The van der Waals surface area contributed by atoms with E-state index in [0.29, 0.717) is 41.1 Å². The molecule has 0 saturated heterocycles. The van der Waals surface area contributed by atoms with Gasteiger partial charge in [-0.1, -0.05) is 42.5 Å². The second-order valence-electron chi connectivity index (χ2n) is 9.15. The van der Waals surface area contributed by atoms with Crippen LogP contribution < -0.4 is 9.47 Å². The Hall–Kier alpha value is -5.24. The van der Waals surface area contributed by atoms with Gasteiger partial charge in [0, 0.05) is 0 Å². The number of hydrogen-bond acceptors (Lipinski definition) is 8. The number of carbonyl (C=O) groups excluding carboxylic acids is 4. The lowest BCUT2D eigenvalue weighted by molar-refractivity contribution is -0.129. The lowest BCUT2D eigenvalue weighted by Gasteiger charge is -2.13. The second-order valence-corrected chi connectivity index (χ2v) is 9.15. The normalized spacial score (nSPS) is 10.4. The summed E-state index contributed by atoms with van der Waals surface area (Å²) in [5.41, 5.74) is 5.43. The van der Waals surface area contributed by atoms with E-state index in [9.17, 15) is 19.2 Å². The van der Waals surface area contributed by atoms with Crippen molar-refractivity contribution in [3.63, 3.8) is 0 Å². The molecule has 8 heteroatoms. The van der Waals surface area contributed by atoms with Crippen LogP contribution in [0.25, 0.3) is 0 Å². The van der Waals surface area contributed by atoms with Crippen molar-refractivity contribution < 1.29 is 38.1 Å². The number of hydrogen-bond donors (Lipinski definition) is 0. The number of rotatable bonds is 14. The van der Waals surface area contributed by atoms with Crippen LogP contribution in [0.2, 0.25) is 0 Å². The Kier molecular flexibility index (Phi) is 9.98. The van der Waals surface area contributed by atoms with E-state index in [2.05, 4.69) is 0 Å². The maximum atomic E-state index is 11.8. The van der Waals surface area contributed by atoms with E-state index in [1.807, 2.05) is 42.5 Å². The summed E-state index contributed by atoms with van der Waals surface area (Å²) in [6.07, 6.45) is 1.97. The highest BCUT2D eigenvalue weighted by Crippen LogP contribution is 2.25. The number of esters is 1. The van der Waals surface area contributed by atoms with Crippen LogP contribution in [-0.4, -0.2) is 32.1 Å². The molecule has 8 nitrogen and oxygen atoms in total. The van der Waals surface area contributed by atoms with Gasteiger partial charge in [-0.15, -0.1) is 0 Å². The number of ether oxygens (including phenoxy) is 4. The summed E-state index contributed by atoms with van der Waals surface area (Å²) in [4.78, 5) is 45.8. The van der Waals surface area contributed by atoms with Crippen molar-refractivity contribution in [2.24, 2.45) is 0 Å². The Labute approximate surface area is 237 Å². The highest BCUT2D eigenvalue weighted by atomic mass is 16.5. The highest BCUT2D eigenvalue weighted by molar-refractivity contribution is 5.89. The molecule has 0 aliphatic carbocycles. The van der Waals surface area contributed by atoms with E-state index in [4.69, 9.17) is 18.9 Å². The molecule has 0 N–H and O–H groups in total. The van der Waals surface area contributed by atoms with Crippen LogP contribution in [0.4, 0.5) is 0 Å². The highest BCUT2D eigenvalue weighted by Gasteiger charge is 2.11. The first kappa shape index (κ1) is 28.8. The fourth-order valence-corrected chi connectivity index (χ4v) is 4.27. The first-order valence-corrected chi connectivity index (χ1v) is 12.7. The Morgan fingerprint density at radius 3 is 1.71 bits per heavy atom. The molecule has 0 aliphatic heterocycles. The number of benzene rings is 4. The van der Waals surface area contributed by atoms with E-state index in [1.54, 1.807) is 42.5 Å². The Morgan fingerprint density at radius 1 is 0.634 bits per heavy atom. The van der Waals surface area contributed by atoms with Crippen LogP contribution in [0.3, 0.4) is 0 Å². The molecular formula is C33H28O8. The molecule has 0 aromatic heterocycles. The van der Waals surface area contributed by atoms with Gasteiger partial charge in [-0.3, -0.25) is 14.4 Å². The zero-order valence-corrected chi connectivity index (χ0v) is 22.4. The predicted molar refractivity (Wildman–Crippen MR) is 150 cm³/mol. The van der Waals surface area contributed by atoms with E-state index in [-0.39, 0.29) is 19.8 Å². The fourth-order valence-electron chi connectivity index (χ4n) is 4.27. The van der Waals surface area contributed by atoms with Gasteiger partial charge in [0.25, 0.3) is 6.47 Å². The number of carbonyl (C=O) groups is 4. The Morgan fingerprint density at radius 2 is 1.17 bits per heavy atom. The average molecular weight is 553 g/mol. The van der Waals surface area contributed by atoms with Gasteiger partial charge in [0.15, 0.2) is 12.6 Å². The van der Waals surface area contributed by atoms with E-state index >= 15 is 0 Å². The first-order valence-electron chi connectivity index (χ1n) is 12.7. The molecule has 0 unspecified atom stereocenters. The number of methoxy groups -OCH3 is 1. The smallest absolute Gasteiger partial charge is 0.337 e. The Bertz CT molecular complexity index is 1540. The number of aldehydes is 2. The lowest BCUT2D eigenvalue weighted by atomic mass is 10.0. The molecule has 41 heavy (non-hydrogen) atoms. The topological polar surface area (TPSA) is 105 Å². The zero-order chi connectivity index (χ0) is 29.0. The monoisotopic (exact) mass is 552 g/mol. The van der Waals surface area contributed by atoms with Gasteiger partial charge in [-0.25, -0.2) is 4.79 Å². The standard InChI is InChI=1S/C33H28O8/c1-38-33(37)28-7-3-6-27(16-28)21-41-32-11-9-24(15-30(32)18-35)12-23-8-10-31(29(14-23)17-34)40-20-26-5-2-4-25(13-26)19-39-22-36/h2-11,13-18,22H,12,19-21H2,1H3.